The fraction of sp³-hybridized carbons (Fsp3) is 0.250. The van der Waals surface area contributed by atoms with Gasteiger partial charge in [0.15, 0.2) is 0 Å². The van der Waals surface area contributed by atoms with Crippen LogP contribution in [-0.2, 0) is 0 Å². The van der Waals surface area contributed by atoms with Crippen molar-refractivity contribution >= 4 is 18.1 Å². The predicted octanol–water partition coefficient (Wildman–Crippen LogP) is 1.03. The Bertz CT molecular complexity index is 213. The monoisotopic (exact) mass is 188 g/mol. The number of nitrogens with two attached hydrogens (primary N) is 2. The zero-order chi connectivity index (χ0) is 8.10. The normalized spacial score (nSPS) is 8.75. The Hall–Kier alpha value is -0.930. The Morgan fingerprint density at radius 2 is 1.75 bits per heavy atom. The Labute approximate surface area is 78.1 Å². The van der Waals surface area contributed by atoms with E-state index in [1.807, 2.05) is 12.1 Å². The molecule has 0 saturated heterocycles. The number of nitrogen functional groups attached to an aromatic ring is 1. The molecule has 0 radical (unpaired) electrons. The van der Waals surface area contributed by atoms with Crippen LogP contribution in [0.3, 0.4) is 0 Å². The van der Waals surface area contributed by atoms with E-state index in [9.17, 15) is 0 Å². The molecule has 0 unspecified atom stereocenters. The van der Waals surface area contributed by atoms with Gasteiger partial charge in [0.05, 0.1) is 0 Å². The summed E-state index contributed by atoms with van der Waals surface area (Å²) in [7, 11) is 0. The third kappa shape index (κ3) is 3.46. The van der Waals surface area contributed by atoms with Gasteiger partial charge in [-0.3, -0.25) is 0 Å². The second kappa shape index (κ2) is 5.69. The van der Waals surface area contributed by atoms with E-state index >= 15 is 0 Å². The lowest BCUT2D eigenvalue weighted by molar-refractivity contribution is 0.328. The minimum Gasteiger partial charge on any atom is -0.492 e. The van der Waals surface area contributed by atoms with Crippen LogP contribution in [0.15, 0.2) is 24.3 Å². The van der Waals surface area contributed by atoms with Gasteiger partial charge in [-0.05, 0) is 24.3 Å². The molecule has 3 nitrogen and oxygen atoms in total. The van der Waals surface area contributed by atoms with E-state index in [0.29, 0.717) is 13.2 Å². The van der Waals surface area contributed by atoms with Gasteiger partial charge < -0.3 is 16.2 Å². The van der Waals surface area contributed by atoms with Gasteiger partial charge in [-0.2, -0.15) is 0 Å². The summed E-state index contributed by atoms with van der Waals surface area (Å²) >= 11 is 0. The van der Waals surface area contributed by atoms with Gasteiger partial charge in [-0.15, -0.1) is 12.4 Å². The van der Waals surface area contributed by atoms with Crippen LogP contribution in [0.2, 0.25) is 0 Å². The topological polar surface area (TPSA) is 61.3 Å². The van der Waals surface area contributed by atoms with Crippen LogP contribution in [0.4, 0.5) is 5.69 Å². The predicted molar refractivity (Wildman–Crippen MR) is 52.7 cm³/mol. The molecule has 0 aromatic heterocycles. The van der Waals surface area contributed by atoms with Gasteiger partial charge in [0.2, 0.25) is 0 Å². The molecule has 0 bridgehead atoms. The first-order valence-corrected chi connectivity index (χ1v) is 3.51. The third-order valence-electron chi connectivity index (χ3n) is 1.27. The van der Waals surface area contributed by atoms with Crippen LogP contribution in [0.5, 0.6) is 5.75 Å². The lowest BCUT2D eigenvalue weighted by Crippen LogP contribution is -2.10. The van der Waals surface area contributed by atoms with Crippen molar-refractivity contribution < 1.29 is 4.74 Å². The van der Waals surface area contributed by atoms with Crippen LogP contribution in [0.25, 0.3) is 0 Å². The fourth-order valence-electron chi connectivity index (χ4n) is 0.741. The molecule has 4 N–H and O–H groups in total. The van der Waals surface area contributed by atoms with Crippen molar-refractivity contribution in [2.45, 2.75) is 0 Å². The Morgan fingerprint density at radius 1 is 1.17 bits per heavy atom. The van der Waals surface area contributed by atoms with Crippen molar-refractivity contribution in [1.29, 1.82) is 0 Å². The molecule has 0 fully saturated rings. The summed E-state index contributed by atoms with van der Waals surface area (Å²) < 4.78 is 5.23. The van der Waals surface area contributed by atoms with Gasteiger partial charge in [0, 0.05) is 12.2 Å². The number of halogens is 1. The van der Waals surface area contributed by atoms with E-state index in [-0.39, 0.29) is 12.4 Å². The Kier molecular flexibility index (Phi) is 5.25. The summed E-state index contributed by atoms with van der Waals surface area (Å²) in [5, 5.41) is 0. The maximum absolute atomic E-state index is 5.48. The zero-order valence-corrected chi connectivity index (χ0v) is 7.51. The molecule has 0 aliphatic rings. The molecule has 12 heavy (non-hydrogen) atoms. The lowest BCUT2D eigenvalue weighted by atomic mass is 10.3. The molecule has 1 rings (SSSR count). The molecule has 0 spiro atoms. The maximum Gasteiger partial charge on any atom is 0.119 e. The molecule has 0 heterocycles. The molecule has 0 aliphatic carbocycles. The average molecular weight is 189 g/mol. The van der Waals surface area contributed by atoms with Gasteiger partial charge >= 0.3 is 0 Å². The summed E-state index contributed by atoms with van der Waals surface area (Å²) in [6.45, 7) is 1.08. The molecule has 0 saturated carbocycles. The standard InChI is InChI=1S/C8H12N2O.ClH/c9-5-6-11-8-3-1-7(10)2-4-8;/h1-4H,5-6,9-10H2;1H. The molecular formula is C8H13ClN2O. The van der Waals surface area contributed by atoms with Gasteiger partial charge in [-0.25, -0.2) is 0 Å². The smallest absolute Gasteiger partial charge is 0.119 e. The van der Waals surface area contributed by atoms with Crippen molar-refractivity contribution in [2.75, 3.05) is 18.9 Å². The minimum absolute atomic E-state index is 0. The van der Waals surface area contributed by atoms with E-state index in [1.54, 1.807) is 12.1 Å². The number of anilines is 1. The summed E-state index contributed by atoms with van der Waals surface area (Å²) in [6, 6.07) is 7.24. The van der Waals surface area contributed by atoms with Crippen LogP contribution in [-0.4, -0.2) is 13.2 Å². The van der Waals surface area contributed by atoms with Crippen LogP contribution < -0.4 is 16.2 Å². The second-order valence-corrected chi connectivity index (χ2v) is 2.21. The van der Waals surface area contributed by atoms with Crippen molar-refractivity contribution in [2.24, 2.45) is 5.73 Å². The number of ether oxygens (including phenoxy) is 1. The van der Waals surface area contributed by atoms with Crippen LogP contribution in [0.1, 0.15) is 0 Å². The van der Waals surface area contributed by atoms with Crippen LogP contribution >= 0.6 is 12.4 Å². The average Bonchev–Trinajstić information content (AvgIpc) is 2.04. The molecule has 1 aromatic rings. The van der Waals surface area contributed by atoms with Crippen molar-refractivity contribution in [3.05, 3.63) is 24.3 Å². The summed E-state index contributed by atoms with van der Waals surface area (Å²) in [6.07, 6.45) is 0. The molecule has 0 atom stereocenters. The zero-order valence-electron chi connectivity index (χ0n) is 6.69. The number of hydrogen-bond donors (Lipinski definition) is 2. The molecule has 0 amide bonds. The highest BCUT2D eigenvalue weighted by Gasteiger charge is 1.90. The molecular weight excluding hydrogens is 176 g/mol. The lowest BCUT2D eigenvalue weighted by Gasteiger charge is -2.03. The molecule has 0 aliphatic heterocycles. The van der Waals surface area contributed by atoms with Crippen molar-refractivity contribution in [1.82, 2.24) is 0 Å². The fourth-order valence-corrected chi connectivity index (χ4v) is 0.741. The molecule has 1 aromatic carbocycles. The Balaban J connectivity index is 0.00000121. The number of rotatable bonds is 3. The first kappa shape index (κ1) is 11.1. The maximum atomic E-state index is 5.48. The SMILES string of the molecule is Cl.NCCOc1ccc(N)cc1. The van der Waals surface area contributed by atoms with E-state index < -0.39 is 0 Å². The van der Waals surface area contributed by atoms with E-state index in [0.717, 1.165) is 11.4 Å². The van der Waals surface area contributed by atoms with E-state index in [2.05, 4.69) is 0 Å². The first-order valence-electron chi connectivity index (χ1n) is 3.51. The molecule has 68 valence electrons. The largest absolute Gasteiger partial charge is 0.492 e. The Morgan fingerprint density at radius 3 is 2.25 bits per heavy atom. The van der Waals surface area contributed by atoms with Gasteiger partial charge in [0.1, 0.15) is 12.4 Å². The van der Waals surface area contributed by atoms with E-state index in [4.69, 9.17) is 16.2 Å². The van der Waals surface area contributed by atoms with Crippen molar-refractivity contribution in [3.63, 3.8) is 0 Å². The minimum atomic E-state index is 0. The number of benzene rings is 1. The highest BCUT2D eigenvalue weighted by atomic mass is 35.5. The van der Waals surface area contributed by atoms with Gasteiger partial charge in [0.25, 0.3) is 0 Å². The van der Waals surface area contributed by atoms with E-state index in [1.165, 1.54) is 0 Å². The summed E-state index contributed by atoms with van der Waals surface area (Å²) in [5.74, 6) is 0.810. The summed E-state index contributed by atoms with van der Waals surface area (Å²) in [4.78, 5) is 0. The first-order chi connectivity index (χ1) is 5.33. The highest BCUT2D eigenvalue weighted by Crippen LogP contribution is 2.12. The molecule has 4 heteroatoms. The second-order valence-electron chi connectivity index (χ2n) is 2.21. The highest BCUT2D eigenvalue weighted by molar-refractivity contribution is 5.85. The van der Waals surface area contributed by atoms with Crippen LogP contribution in [0, 0.1) is 0 Å². The number of hydrogen-bond acceptors (Lipinski definition) is 3. The summed E-state index contributed by atoms with van der Waals surface area (Å²) in [5.41, 5.74) is 11.5. The van der Waals surface area contributed by atoms with Crippen molar-refractivity contribution in [3.8, 4) is 5.75 Å². The van der Waals surface area contributed by atoms with Gasteiger partial charge in [-0.1, -0.05) is 0 Å². The quantitative estimate of drug-likeness (QED) is 0.697. The third-order valence-corrected chi connectivity index (χ3v) is 1.27.